The van der Waals surface area contributed by atoms with Crippen molar-refractivity contribution in [3.63, 3.8) is 0 Å². The standard InChI is InChI=1S/C46H85N3O11.C15H20O6.C8H15NO2.CH4.Al.B.HN/c1-20-43(11,34(50)25-24-26-47(14)15)31-42(9,10)37(53)58-46(23-4,59-38(54)44(12,21-2)32-40(5,6)35(51)56-29-27-48(16)17)60-39(55)45(13,22-3)33-41(7,8)36(52)57-30-28-49(18)19;1-8-15(19-12(16)9(2)3,20-13(17)10(4)5)21-14(18)11(6)7;1-7(2)8(10)11-6-5-9(3)4;;;;/h20-33H2,1-19H3;2,4,6,8H2,1,3,5,7H3;1,5-6H2,2-4H3;1H4;;;1H. The van der Waals surface area contributed by atoms with Crippen molar-refractivity contribution in [2.45, 2.75) is 208 Å². The zero-order valence-corrected chi connectivity index (χ0v) is 64.2. The van der Waals surface area contributed by atoms with Crippen molar-refractivity contribution in [1.82, 2.24) is 19.6 Å². The minimum absolute atomic E-state index is 0. The van der Waals surface area contributed by atoms with Gasteiger partial charge < -0.3 is 62.2 Å². The first kappa shape index (κ1) is 101. The summed E-state index contributed by atoms with van der Waals surface area (Å²) in [6.45, 7) is 46.6. The van der Waals surface area contributed by atoms with Gasteiger partial charge in [0.25, 0.3) is 0 Å². The molecule has 0 aliphatic heterocycles. The molecule has 0 aromatic carbocycles. The van der Waals surface area contributed by atoms with Gasteiger partial charge in [-0.15, -0.1) is 0 Å². The van der Waals surface area contributed by atoms with Crippen molar-refractivity contribution in [2.24, 2.45) is 32.5 Å². The first-order chi connectivity index (χ1) is 42.8. The molecule has 26 heteroatoms. The Labute approximate surface area is 587 Å². The molecule has 0 spiro atoms. The molecular formula is C70H125AlBN5O19. The van der Waals surface area contributed by atoms with Crippen LogP contribution in [0.2, 0.25) is 0 Å². The van der Waals surface area contributed by atoms with E-state index in [2.05, 4.69) is 26.3 Å². The van der Waals surface area contributed by atoms with Crippen molar-refractivity contribution in [3.8, 4) is 0 Å². The van der Waals surface area contributed by atoms with Gasteiger partial charge in [0.15, 0.2) is 0 Å². The Balaban J connectivity index is -0.000000458. The van der Waals surface area contributed by atoms with E-state index in [1.807, 2.05) is 89.8 Å². The maximum absolute atomic E-state index is 14.5. The number of esters is 9. The van der Waals surface area contributed by atoms with Gasteiger partial charge in [0.1, 0.15) is 25.6 Å². The third-order valence-corrected chi connectivity index (χ3v) is 15.2. The zero-order chi connectivity index (χ0) is 74.8. The van der Waals surface area contributed by atoms with Crippen LogP contribution in [0.4, 0.5) is 0 Å². The Bertz CT molecular complexity index is 2430. The van der Waals surface area contributed by atoms with Crippen LogP contribution in [0, 0.1) is 36.8 Å². The number of Topliss-reactive ketones (excluding diaryl/α,β-unsaturated/α-hetero) is 1. The van der Waals surface area contributed by atoms with Crippen LogP contribution in [0.1, 0.15) is 196 Å². The van der Waals surface area contributed by atoms with Gasteiger partial charge in [-0.25, -0.2) is 19.2 Å². The third kappa shape index (κ3) is 37.7. The number of hydrogen-bond acceptors (Lipinski definition) is 24. The molecule has 0 bridgehead atoms. The summed E-state index contributed by atoms with van der Waals surface area (Å²) in [6.07, 6.45) is 1.64. The average Bonchev–Trinajstić information content (AvgIpc) is 0.791. The molecule has 550 valence electrons. The zero-order valence-electron chi connectivity index (χ0n) is 63.0. The van der Waals surface area contributed by atoms with Crippen molar-refractivity contribution in [1.29, 1.82) is 4.35 Å². The van der Waals surface area contributed by atoms with Crippen molar-refractivity contribution < 1.29 is 90.6 Å². The molecule has 3 unspecified atom stereocenters. The van der Waals surface area contributed by atoms with Gasteiger partial charge in [-0.2, -0.15) is 0 Å². The molecule has 0 aromatic rings. The van der Waals surface area contributed by atoms with E-state index in [0.29, 0.717) is 44.5 Å². The predicted molar refractivity (Wildman–Crippen MR) is 375 cm³/mol. The first-order valence-electron chi connectivity index (χ1n) is 31.8. The summed E-state index contributed by atoms with van der Waals surface area (Å²) >= 11 is 1.67. The van der Waals surface area contributed by atoms with Crippen molar-refractivity contribution in [3.05, 3.63) is 48.6 Å². The van der Waals surface area contributed by atoms with Crippen LogP contribution in [0.25, 0.3) is 0 Å². The van der Waals surface area contributed by atoms with Gasteiger partial charge in [0, 0.05) is 62.2 Å². The average molecular weight is 1380 g/mol. The van der Waals surface area contributed by atoms with Gasteiger partial charge in [-0.05, 0) is 191 Å². The second-order valence-corrected chi connectivity index (χ2v) is 27.6. The minimum atomic E-state index is -2.54. The molecule has 0 rings (SSSR count). The Morgan fingerprint density at radius 1 is 0.365 bits per heavy atom. The van der Waals surface area contributed by atoms with E-state index in [4.69, 9.17) is 47.0 Å². The second-order valence-electron chi connectivity index (χ2n) is 27.6. The third-order valence-electron chi connectivity index (χ3n) is 15.2. The normalized spacial score (nSPS) is 13.8. The van der Waals surface area contributed by atoms with Crippen LogP contribution in [0.15, 0.2) is 48.6 Å². The van der Waals surface area contributed by atoms with Gasteiger partial charge in [0.05, 0.1) is 39.9 Å². The molecule has 0 aliphatic rings. The molecule has 0 saturated carbocycles. The van der Waals surface area contributed by atoms with E-state index in [1.54, 1.807) is 99.2 Å². The predicted octanol–water partition coefficient (Wildman–Crippen LogP) is 10.5. The van der Waals surface area contributed by atoms with Gasteiger partial charge in [0.2, 0.25) is 0 Å². The molecular weight excluding hydrogens is 1250 g/mol. The van der Waals surface area contributed by atoms with Crippen molar-refractivity contribution in [2.75, 3.05) is 102 Å². The number of hydrogen-bond donors (Lipinski definition) is 1. The monoisotopic (exact) mass is 1380 g/mol. The number of carbonyl (C=O) groups is 10. The molecule has 4 radical (unpaired) electrons. The summed E-state index contributed by atoms with van der Waals surface area (Å²) in [4.78, 5) is 137. The van der Waals surface area contributed by atoms with Crippen molar-refractivity contribution >= 4 is 84.0 Å². The van der Waals surface area contributed by atoms with E-state index in [1.165, 1.54) is 27.7 Å². The van der Waals surface area contributed by atoms with E-state index in [9.17, 15) is 47.9 Å². The Kier molecular flexibility index (Phi) is 48.9. The van der Waals surface area contributed by atoms with E-state index >= 15 is 0 Å². The van der Waals surface area contributed by atoms with E-state index < -0.39 is 92.2 Å². The summed E-state index contributed by atoms with van der Waals surface area (Å²) in [5.74, 6) is -11.1. The fraction of sp³-hybridized carbons (Fsp3) is 0.743. The van der Waals surface area contributed by atoms with Gasteiger partial charge in [-0.3, -0.25) is 28.8 Å². The Morgan fingerprint density at radius 3 is 0.875 bits per heavy atom. The molecule has 3 atom stereocenters. The molecule has 0 fully saturated rings. The van der Waals surface area contributed by atoms with Crippen LogP contribution in [-0.4, -0.2) is 218 Å². The summed E-state index contributed by atoms with van der Waals surface area (Å²) in [7, 11) is 15.2. The topological polar surface area (TPSA) is 291 Å². The van der Waals surface area contributed by atoms with Crippen LogP contribution in [0.3, 0.4) is 0 Å². The summed E-state index contributed by atoms with van der Waals surface area (Å²) in [5, 5.41) is 0. The Hall–Kier alpha value is -5.90. The number of ether oxygens (including phenoxy) is 9. The second kappa shape index (κ2) is 46.4. The van der Waals surface area contributed by atoms with Crippen LogP contribution >= 0.6 is 0 Å². The quantitative estimate of drug-likeness (QED) is 0.0196. The van der Waals surface area contributed by atoms with E-state index in [0.717, 1.165) is 13.1 Å². The summed E-state index contributed by atoms with van der Waals surface area (Å²) in [5.41, 5.74) is -6.46. The number of nitrogens with one attached hydrogen (secondary N) is 1. The van der Waals surface area contributed by atoms with Gasteiger partial charge in [-0.1, -0.05) is 75.3 Å². The number of carbonyl (C=O) groups excluding carboxylic acids is 10. The molecule has 0 heterocycles. The maximum atomic E-state index is 14.5. The van der Waals surface area contributed by atoms with Crippen LogP contribution in [0.5, 0.6) is 0 Å². The molecule has 1 N–H and O–H groups in total. The van der Waals surface area contributed by atoms with E-state index in [-0.39, 0.29) is 102 Å². The van der Waals surface area contributed by atoms with Gasteiger partial charge >= 0.3 is 86.1 Å². The first-order valence-corrected chi connectivity index (χ1v) is 32.4. The molecule has 96 heavy (non-hydrogen) atoms. The summed E-state index contributed by atoms with van der Waals surface area (Å²) < 4.78 is 55.0. The van der Waals surface area contributed by atoms with Crippen LogP contribution < -0.4 is 0 Å². The fourth-order valence-corrected chi connectivity index (χ4v) is 8.63. The molecule has 0 saturated heterocycles. The molecule has 24 nitrogen and oxygen atoms in total. The number of likely N-dealkylation sites (N-methyl/N-ethyl adjacent to an activating group) is 3. The SMILES string of the molecule is C.C=C(C)C(=O)OC(CC)(OC(=O)C(=C)C)OC(=O)C(=C)C.C=C(C)C(=O)OCCN(C)C.CCC(OC(=O)C(C)(C)CC(C)(CC)C(=O)CCCN(C)C)(OC(=O)C(C)(CC)CC(C)(C)C(=O)OCCN(C)C)OC(=O)C(C)(CC)CC(C)(C)C(=O)OCCN(C)C.[B].[NH]=[Al]. The fourth-order valence-electron chi connectivity index (χ4n) is 8.63. The number of rotatable bonds is 40. The molecule has 0 aromatic heterocycles. The number of nitrogens with zero attached hydrogens (tertiary/aromatic N) is 4. The summed E-state index contributed by atoms with van der Waals surface area (Å²) in [6, 6.07) is 0. The molecule has 0 aliphatic carbocycles. The van der Waals surface area contributed by atoms with Crippen LogP contribution in [-0.2, 0) is 90.6 Å². The molecule has 0 amide bonds. The number of ketones is 1. The Morgan fingerprint density at radius 2 is 0.615 bits per heavy atom.